The molecule has 1 fully saturated rings. The lowest BCUT2D eigenvalue weighted by atomic mass is 9.85. The van der Waals surface area contributed by atoms with E-state index in [0.717, 1.165) is 45.3 Å². The molecule has 17 heavy (non-hydrogen) atoms. The SMILES string of the molecule is CCCOCCC1CCCC1(C#N)NC(C)C. The Morgan fingerprint density at radius 1 is 1.47 bits per heavy atom. The lowest BCUT2D eigenvalue weighted by Gasteiger charge is -2.32. The van der Waals surface area contributed by atoms with Crippen molar-refractivity contribution in [3.05, 3.63) is 0 Å². The van der Waals surface area contributed by atoms with E-state index in [2.05, 4.69) is 32.2 Å². The molecule has 0 amide bonds. The van der Waals surface area contributed by atoms with Crippen LogP contribution in [0.3, 0.4) is 0 Å². The van der Waals surface area contributed by atoms with E-state index in [-0.39, 0.29) is 5.54 Å². The van der Waals surface area contributed by atoms with Crippen molar-refractivity contribution in [2.24, 2.45) is 5.92 Å². The van der Waals surface area contributed by atoms with Gasteiger partial charge in [0.2, 0.25) is 0 Å². The second-order valence-corrected chi connectivity index (χ2v) is 5.37. The molecule has 1 aliphatic carbocycles. The first-order chi connectivity index (χ1) is 8.14. The number of rotatable bonds is 7. The Balaban J connectivity index is 2.48. The summed E-state index contributed by atoms with van der Waals surface area (Å²) < 4.78 is 5.55. The lowest BCUT2D eigenvalue weighted by molar-refractivity contribution is 0.111. The fourth-order valence-corrected chi connectivity index (χ4v) is 2.83. The van der Waals surface area contributed by atoms with Crippen LogP contribution >= 0.6 is 0 Å². The minimum absolute atomic E-state index is 0.302. The molecule has 0 heterocycles. The van der Waals surface area contributed by atoms with Crippen LogP contribution in [0.5, 0.6) is 0 Å². The maximum Gasteiger partial charge on any atom is 0.109 e. The molecule has 1 saturated carbocycles. The van der Waals surface area contributed by atoms with Gasteiger partial charge in [-0.2, -0.15) is 5.26 Å². The zero-order chi connectivity index (χ0) is 12.7. The van der Waals surface area contributed by atoms with E-state index in [4.69, 9.17) is 4.74 Å². The average Bonchev–Trinajstić information content (AvgIpc) is 2.67. The van der Waals surface area contributed by atoms with E-state index < -0.39 is 0 Å². The fraction of sp³-hybridized carbons (Fsp3) is 0.929. The van der Waals surface area contributed by atoms with Gasteiger partial charge in [-0.25, -0.2) is 0 Å². The Morgan fingerprint density at radius 2 is 2.24 bits per heavy atom. The molecule has 3 nitrogen and oxygen atoms in total. The Kier molecular flexibility index (Phi) is 5.94. The molecule has 1 rings (SSSR count). The molecule has 0 radical (unpaired) electrons. The summed E-state index contributed by atoms with van der Waals surface area (Å²) in [7, 11) is 0. The summed E-state index contributed by atoms with van der Waals surface area (Å²) in [5, 5.41) is 13.0. The van der Waals surface area contributed by atoms with Gasteiger partial charge in [0.05, 0.1) is 6.07 Å². The van der Waals surface area contributed by atoms with Crippen LogP contribution in [0.1, 0.15) is 52.9 Å². The third-order valence-electron chi connectivity index (χ3n) is 3.53. The van der Waals surface area contributed by atoms with Crippen LogP contribution in [0.15, 0.2) is 0 Å². The van der Waals surface area contributed by atoms with Crippen LogP contribution in [0, 0.1) is 17.2 Å². The molecular weight excluding hydrogens is 212 g/mol. The number of ether oxygens (including phenoxy) is 1. The van der Waals surface area contributed by atoms with E-state index in [9.17, 15) is 5.26 Å². The van der Waals surface area contributed by atoms with Gasteiger partial charge < -0.3 is 4.74 Å². The number of nitrogens with zero attached hydrogens (tertiary/aromatic N) is 1. The second-order valence-electron chi connectivity index (χ2n) is 5.37. The summed E-state index contributed by atoms with van der Waals surface area (Å²) in [6, 6.07) is 2.90. The molecule has 0 aromatic rings. The van der Waals surface area contributed by atoms with Crippen molar-refractivity contribution in [2.75, 3.05) is 13.2 Å². The molecule has 0 spiro atoms. The quantitative estimate of drug-likeness (QED) is 0.694. The molecule has 2 unspecified atom stereocenters. The van der Waals surface area contributed by atoms with Gasteiger partial charge in [0.15, 0.2) is 0 Å². The summed E-state index contributed by atoms with van der Waals surface area (Å²) in [6.45, 7) is 7.98. The maximum atomic E-state index is 9.49. The highest BCUT2D eigenvalue weighted by molar-refractivity contribution is 5.14. The summed E-state index contributed by atoms with van der Waals surface area (Å²) in [6.07, 6.45) is 5.38. The summed E-state index contributed by atoms with van der Waals surface area (Å²) in [4.78, 5) is 0. The molecule has 0 aromatic carbocycles. The van der Waals surface area contributed by atoms with Gasteiger partial charge in [0, 0.05) is 19.3 Å². The van der Waals surface area contributed by atoms with E-state index in [1.54, 1.807) is 0 Å². The molecule has 0 aromatic heterocycles. The van der Waals surface area contributed by atoms with Crippen molar-refractivity contribution in [3.8, 4) is 6.07 Å². The van der Waals surface area contributed by atoms with Crippen molar-refractivity contribution in [2.45, 2.75) is 64.5 Å². The second kappa shape index (κ2) is 6.98. The maximum absolute atomic E-state index is 9.49. The fourth-order valence-electron chi connectivity index (χ4n) is 2.83. The first-order valence-corrected chi connectivity index (χ1v) is 6.91. The Hall–Kier alpha value is -0.590. The third-order valence-corrected chi connectivity index (χ3v) is 3.53. The largest absolute Gasteiger partial charge is 0.381 e. The molecule has 1 aliphatic rings. The predicted molar refractivity (Wildman–Crippen MR) is 69.7 cm³/mol. The Labute approximate surface area is 106 Å². The minimum atomic E-state index is -0.302. The third kappa shape index (κ3) is 3.97. The van der Waals surface area contributed by atoms with Gasteiger partial charge >= 0.3 is 0 Å². The zero-order valence-corrected chi connectivity index (χ0v) is 11.5. The van der Waals surface area contributed by atoms with E-state index in [0.29, 0.717) is 12.0 Å². The minimum Gasteiger partial charge on any atom is -0.381 e. The van der Waals surface area contributed by atoms with Gasteiger partial charge in [-0.05, 0) is 45.4 Å². The molecule has 0 aliphatic heterocycles. The smallest absolute Gasteiger partial charge is 0.109 e. The molecule has 3 heteroatoms. The van der Waals surface area contributed by atoms with E-state index >= 15 is 0 Å². The predicted octanol–water partition coefficient (Wildman–Crippen LogP) is 2.86. The molecule has 1 N–H and O–H groups in total. The van der Waals surface area contributed by atoms with Crippen LogP contribution in [-0.4, -0.2) is 24.8 Å². The van der Waals surface area contributed by atoms with Crippen molar-refractivity contribution in [1.29, 1.82) is 5.26 Å². The van der Waals surface area contributed by atoms with E-state index in [1.165, 1.54) is 0 Å². The van der Waals surface area contributed by atoms with Gasteiger partial charge in [-0.15, -0.1) is 0 Å². The van der Waals surface area contributed by atoms with Crippen LogP contribution in [0.4, 0.5) is 0 Å². The van der Waals surface area contributed by atoms with Crippen LogP contribution in [0.25, 0.3) is 0 Å². The van der Waals surface area contributed by atoms with Crippen molar-refractivity contribution in [1.82, 2.24) is 5.32 Å². The van der Waals surface area contributed by atoms with Crippen LogP contribution < -0.4 is 5.32 Å². The highest BCUT2D eigenvalue weighted by Crippen LogP contribution is 2.37. The lowest BCUT2D eigenvalue weighted by Crippen LogP contribution is -2.50. The normalized spacial score (nSPS) is 28.5. The van der Waals surface area contributed by atoms with Gasteiger partial charge in [0.1, 0.15) is 5.54 Å². The number of hydrogen-bond acceptors (Lipinski definition) is 3. The first-order valence-electron chi connectivity index (χ1n) is 6.91. The molecule has 0 bridgehead atoms. The summed E-state index contributed by atoms with van der Waals surface area (Å²) in [5.41, 5.74) is -0.302. The molecular formula is C14H26N2O. The highest BCUT2D eigenvalue weighted by atomic mass is 16.5. The molecule has 0 saturated heterocycles. The van der Waals surface area contributed by atoms with Gasteiger partial charge in [-0.3, -0.25) is 5.32 Å². The van der Waals surface area contributed by atoms with Gasteiger partial charge in [0.25, 0.3) is 0 Å². The van der Waals surface area contributed by atoms with Crippen molar-refractivity contribution < 1.29 is 4.74 Å². The number of nitrogens with one attached hydrogen (secondary N) is 1. The molecule has 2 atom stereocenters. The Morgan fingerprint density at radius 3 is 2.82 bits per heavy atom. The van der Waals surface area contributed by atoms with Crippen molar-refractivity contribution >= 4 is 0 Å². The first kappa shape index (κ1) is 14.5. The zero-order valence-electron chi connectivity index (χ0n) is 11.5. The standard InChI is InChI=1S/C14H26N2O/c1-4-9-17-10-7-13-6-5-8-14(13,11-15)16-12(2)3/h12-13,16H,4-10H2,1-3H3. The monoisotopic (exact) mass is 238 g/mol. The van der Waals surface area contributed by atoms with Crippen LogP contribution in [0.2, 0.25) is 0 Å². The number of hydrogen-bond donors (Lipinski definition) is 1. The topological polar surface area (TPSA) is 45.0 Å². The number of nitriles is 1. The van der Waals surface area contributed by atoms with E-state index in [1.807, 2.05) is 0 Å². The summed E-state index contributed by atoms with van der Waals surface area (Å²) >= 11 is 0. The average molecular weight is 238 g/mol. The van der Waals surface area contributed by atoms with Gasteiger partial charge in [-0.1, -0.05) is 13.3 Å². The highest BCUT2D eigenvalue weighted by Gasteiger charge is 2.42. The summed E-state index contributed by atoms with van der Waals surface area (Å²) in [5.74, 6) is 0.451. The van der Waals surface area contributed by atoms with Crippen molar-refractivity contribution in [3.63, 3.8) is 0 Å². The molecule has 98 valence electrons. The van der Waals surface area contributed by atoms with Crippen LogP contribution in [-0.2, 0) is 4.74 Å². The Bertz CT molecular complexity index is 259.